The number of nitrogens with zero attached hydrogens (tertiary/aromatic N) is 1. The fourth-order valence-corrected chi connectivity index (χ4v) is 2.73. The second-order valence-electron chi connectivity index (χ2n) is 5.15. The number of hydrogen-bond donors (Lipinski definition) is 2. The SMILES string of the molecule is Cc1cc(Nc2cccc(C)c2Br)c2cc(N)ccc2n1. The number of aromatic nitrogens is 1. The van der Waals surface area contributed by atoms with Crippen LogP contribution in [0.5, 0.6) is 0 Å². The molecular formula is C17H16BrN3. The van der Waals surface area contributed by atoms with Crippen LogP contribution >= 0.6 is 15.9 Å². The van der Waals surface area contributed by atoms with Crippen molar-refractivity contribution in [3.8, 4) is 0 Å². The predicted octanol–water partition coefficient (Wildman–Crippen LogP) is 4.94. The van der Waals surface area contributed by atoms with Crippen LogP contribution in [0.4, 0.5) is 17.1 Å². The van der Waals surface area contributed by atoms with Gasteiger partial charge in [-0.15, -0.1) is 0 Å². The zero-order valence-electron chi connectivity index (χ0n) is 11.9. The number of aryl methyl sites for hydroxylation is 2. The molecule has 0 bridgehead atoms. The van der Waals surface area contributed by atoms with Gasteiger partial charge in [-0.1, -0.05) is 12.1 Å². The van der Waals surface area contributed by atoms with Crippen molar-refractivity contribution >= 4 is 43.9 Å². The zero-order chi connectivity index (χ0) is 15.0. The third-order valence-corrected chi connectivity index (χ3v) is 4.47. The molecule has 0 spiro atoms. The van der Waals surface area contributed by atoms with Crippen molar-refractivity contribution in [1.29, 1.82) is 0 Å². The molecule has 0 aliphatic carbocycles. The molecule has 21 heavy (non-hydrogen) atoms. The Bertz CT molecular complexity index is 828. The zero-order valence-corrected chi connectivity index (χ0v) is 13.5. The molecule has 0 atom stereocenters. The van der Waals surface area contributed by atoms with Crippen LogP contribution in [0, 0.1) is 13.8 Å². The standard InChI is InChI=1S/C17H16BrN3/c1-10-4-3-5-15(17(10)18)21-16-8-11(2)20-14-7-6-12(19)9-13(14)16/h3-9H,19H2,1-2H3,(H,20,21). The number of hydrogen-bond acceptors (Lipinski definition) is 3. The maximum atomic E-state index is 5.91. The van der Waals surface area contributed by atoms with E-state index in [0.717, 1.165) is 38.1 Å². The molecule has 3 aromatic rings. The van der Waals surface area contributed by atoms with Crippen molar-refractivity contribution in [1.82, 2.24) is 4.98 Å². The maximum Gasteiger partial charge on any atom is 0.0727 e. The van der Waals surface area contributed by atoms with Crippen LogP contribution < -0.4 is 11.1 Å². The average Bonchev–Trinajstić information content (AvgIpc) is 2.44. The second-order valence-corrected chi connectivity index (χ2v) is 5.94. The molecule has 3 rings (SSSR count). The smallest absolute Gasteiger partial charge is 0.0727 e. The van der Waals surface area contributed by atoms with Gasteiger partial charge < -0.3 is 11.1 Å². The van der Waals surface area contributed by atoms with Crippen molar-refractivity contribution in [2.75, 3.05) is 11.1 Å². The predicted molar refractivity (Wildman–Crippen MR) is 93.1 cm³/mol. The van der Waals surface area contributed by atoms with Gasteiger partial charge in [0.2, 0.25) is 0 Å². The van der Waals surface area contributed by atoms with Gasteiger partial charge in [0.1, 0.15) is 0 Å². The molecule has 0 fully saturated rings. The average molecular weight is 342 g/mol. The Morgan fingerprint density at radius 2 is 1.86 bits per heavy atom. The van der Waals surface area contributed by atoms with Gasteiger partial charge in [-0.05, 0) is 65.7 Å². The highest BCUT2D eigenvalue weighted by Crippen LogP contribution is 2.32. The monoisotopic (exact) mass is 341 g/mol. The summed E-state index contributed by atoms with van der Waals surface area (Å²) in [6, 6.07) is 14.0. The second kappa shape index (κ2) is 5.37. The van der Waals surface area contributed by atoms with Gasteiger partial charge in [-0.25, -0.2) is 0 Å². The topological polar surface area (TPSA) is 50.9 Å². The first-order valence-electron chi connectivity index (χ1n) is 6.73. The number of anilines is 3. The molecule has 0 radical (unpaired) electrons. The van der Waals surface area contributed by atoms with E-state index < -0.39 is 0 Å². The van der Waals surface area contributed by atoms with E-state index in [1.807, 2.05) is 43.3 Å². The maximum absolute atomic E-state index is 5.91. The Morgan fingerprint density at radius 1 is 1.05 bits per heavy atom. The highest BCUT2D eigenvalue weighted by molar-refractivity contribution is 9.10. The third-order valence-electron chi connectivity index (χ3n) is 3.42. The largest absolute Gasteiger partial charge is 0.399 e. The molecule has 0 unspecified atom stereocenters. The van der Waals surface area contributed by atoms with Crippen LogP contribution in [0.25, 0.3) is 10.9 Å². The van der Waals surface area contributed by atoms with Gasteiger partial charge in [-0.2, -0.15) is 0 Å². The number of nitrogens with one attached hydrogen (secondary N) is 1. The van der Waals surface area contributed by atoms with E-state index in [4.69, 9.17) is 5.73 Å². The summed E-state index contributed by atoms with van der Waals surface area (Å²) >= 11 is 3.63. The molecule has 0 aliphatic heterocycles. The Balaban J connectivity index is 2.15. The molecular weight excluding hydrogens is 326 g/mol. The Hall–Kier alpha value is -2.07. The van der Waals surface area contributed by atoms with E-state index in [-0.39, 0.29) is 0 Å². The number of nitrogen functional groups attached to an aromatic ring is 1. The summed E-state index contributed by atoms with van der Waals surface area (Å²) in [6.45, 7) is 4.06. The molecule has 0 saturated heterocycles. The van der Waals surface area contributed by atoms with Crippen molar-refractivity contribution in [2.24, 2.45) is 0 Å². The van der Waals surface area contributed by atoms with Crippen LogP contribution in [0.15, 0.2) is 46.9 Å². The van der Waals surface area contributed by atoms with Gasteiger partial charge in [0.15, 0.2) is 0 Å². The first-order valence-corrected chi connectivity index (χ1v) is 7.53. The molecule has 1 heterocycles. The molecule has 0 amide bonds. The lowest BCUT2D eigenvalue weighted by molar-refractivity contribution is 1.25. The van der Waals surface area contributed by atoms with Gasteiger partial charge >= 0.3 is 0 Å². The lowest BCUT2D eigenvalue weighted by Gasteiger charge is -2.13. The first kappa shape index (κ1) is 13.9. The number of fused-ring (bicyclic) bond motifs is 1. The minimum absolute atomic E-state index is 0.736. The van der Waals surface area contributed by atoms with Gasteiger partial charge in [0.25, 0.3) is 0 Å². The Kier molecular flexibility index (Phi) is 3.55. The van der Waals surface area contributed by atoms with Crippen LogP contribution in [-0.2, 0) is 0 Å². The van der Waals surface area contributed by atoms with E-state index >= 15 is 0 Å². The quantitative estimate of drug-likeness (QED) is 0.649. The van der Waals surface area contributed by atoms with E-state index in [0.29, 0.717) is 0 Å². The highest BCUT2D eigenvalue weighted by Gasteiger charge is 2.08. The molecule has 3 N–H and O–H groups in total. The van der Waals surface area contributed by atoms with E-state index in [2.05, 4.69) is 39.2 Å². The van der Waals surface area contributed by atoms with Gasteiger partial charge in [0.05, 0.1) is 11.2 Å². The third kappa shape index (κ3) is 2.72. The fourth-order valence-electron chi connectivity index (χ4n) is 2.37. The van der Waals surface area contributed by atoms with Crippen molar-refractivity contribution < 1.29 is 0 Å². The van der Waals surface area contributed by atoms with Gasteiger partial charge in [0, 0.05) is 26.9 Å². The van der Waals surface area contributed by atoms with Crippen LogP contribution in [0.3, 0.4) is 0 Å². The minimum atomic E-state index is 0.736. The summed E-state index contributed by atoms with van der Waals surface area (Å²) in [5.41, 5.74) is 11.8. The molecule has 4 heteroatoms. The summed E-state index contributed by atoms with van der Waals surface area (Å²) in [4.78, 5) is 4.55. The van der Waals surface area contributed by atoms with Crippen molar-refractivity contribution in [3.63, 3.8) is 0 Å². The van der Waals surface area contributed by atoms with Gasteiger partial charge in [-0.3, -0.25) is 4.98 Å². The summed E-state index contributed by atoms with van der Waals surface area (Å²) in [5, 5.41) is 4.50. The van der Waals surface area contributed by atoms with Crippen LogP contribution in [0.1, 0.15) is 11.3 Å². The van der Waals surface area contributed by atoms with Crippen LogP contribution in [-0.4, -0.2) is 4.98 Å². The Morgan fingerprint density at radius 3 is 2.67 bits per heavy atom. The Labute approximate surface area is 132 Å². The number of rotatable bonds is 2. The molecule has 0 aliphatic rings. The summed E-state index contributed by atoms with van der Waals surface area (Å²) in [6.07, 6.45) is 0. The number of benzene rings is 2. The highest BCUT2D eigenvalue weighted by atomic mass is 79.9. The molecule has 2 aromatic carbocycles. The first-order chi connectivity index (χ1) is 10.0. The molecule has 1 aromatic heterocycles. The summed E-state index contributed by atoms with van der Waals surface area (Å²) in [5.74, 6) is 0. The number of nitrogens with two attached hydrogens (primary N) is 1. The summed E-state index contributed by atoms with van der Waals surface area (Å²) < 4.78 is 1.07. The lowest BCUT2D eigenvalue weighted by atomic mass is 10.1. The number of halogens is 1. The van der Waals surface area contributed by atoms with E-state index in [1.165, 1.54) is 5.56 Å². The van der Waals surface area contributed by atoms with E-state index in [9.17, 15) is 0 Å². The molecule has 106 valence electrons. The van der Waals surface area contributed by atoms with E-state index in [1.54, 1.807) is 0 Å². The van der Waals surface area contributed by atoms with Crippen molar-refractivity contribution in [3.05, 3.63) is 58.2 Å². The fraction of sp³-hybridized carbons (Fsp3) is 0.118. The molecule has 0 saturated carbocycles. The van der Waals surface area contributed by atoms with Crippen molar-refractivity contribution in [2.45, 2.75) is 13.8 Å². The summed E-state index contributed by atoms with van der Waals surface area (Å²) in [7, 11) is 0. The number of pyridine rings is 1. The molecule has 3 nitrogen and oxygen atoms in total. The van der Waals surface area contributed by atoms with Crippen LogP contribution in [0.2, 0.25) is 0 Å². The minimum Gasteiger partial charge on any atom is -0.399 e. The normalized spacial score (nSPS) is 10.8. The lowest BCUT2D eigenvalue weighted by Crippen LogP contribution is -1.97.